The van der Waals surface area contributed by atoms with Crippen LogP contribution in [0.15, 0.2) is 55.0 Å². The third kappa shape index (κ3) is 3.61. The third-order valence-electron chi connectivity index (χ3n) is 5.72. The van der Waals surface area contributed by atoms with Gasteiger partial charge in [-0.15, -0.1) is 0 Å². The molecule has 4 aromatic rings. The van der Waals surface area contributed by atoms with Crippen molar-refractivity contribution in [2.24, 2.45) is 0 Å². The predicted molar refractivity (Wildman–Crippen MR) is 118 cm³/mol. The molecule has 0 N–H and O–H groups in total. The van der Waals surface area contributed by atoms with E-state index in [2.05, 4.69) is 20.0 Å². The number of aryl methyl sites for hydroxylation is 1. The fourth-order valence-corrected chi connectivity index (χ4v) is 3.95. The minimum Gasteiger partial charge on any atom is -0.353 e. The molecule has 0 atom stereocenters. The van der Waals surface area contributed by atoms with Crippen LogP contribution in [-0.4, -0.2) is 61.7 Å². The summed E-state index contributed by atoms with van der Waals surface area (Å²) in [5.74, 6) is 1.62. The first-order valence-electron chi connectivity index (χ1n) is 10.3. The van der Waals surface area contributed by atoms with Crippen molar-refractivity contribution in [1.29, 1.82) is 0 Å². The zero-order valence-corrected chi connectivity index (χ0v) is 17.6. The van der Waals surface area contributed by atoms with Crippen LogP contribution in [0.2, 0.25) is 0 Å². The number of carbonyl (C=O) groups is 1. The van der Waals surface area contributed by atoms with Crippen molar-refractivity contribution in [2.75, 3.05) is 31.1 Å². The van der Waals surface area contributed by atoms with Crippen LogP contribution in [0.3, 0.4) is 0 Å². The predicted octanol–water partition coefficient (Wildman–Crippen LogP) is 2.79. The summed E-state index contributed by atoms with van der Waals surface area (Å²) in [4.78, 5) is 30.5. The minimum atomic E-state index is 0.00283. The van der Waals surface area contributed by atoms with Gasteiger partial charge in [-0.2, -0.15) is 5.10 Å². The van der Waals surface area contributed by atoms with Crippen molar-refractivity contribution >= 4 is 22.6 Å². The summed E-state index contributed by atoms with van der Waals surface area (Å²) < 4.78 is 1.74. The molecule has 4 heterocycles. The number of hydrogen-bond acceptors (Lipinski definition) is 6. The maximum Gasteiger partial charge on any atom is 0.257 e. The van der Waals surface area contributed by atoms with Crippen molar-refractivity contribution in [3.05, 3.63) is 71.9 Å². The molecule has 0 radical (unpaired) electrons. The van der Waals surface area contributed by atoms with Crippen LogP contribution < -0.4 is 4.90 Å². The zero-order chi connectivity index (χ0) is 21.4. The molecule has 0 unspecified atom stereocenters. The molecule has 8 heteroatoms. The van der Waals surface area contributed by atoms with Gasteiger partial charge in [0.2, 0.25) is 0 Å². The van der Waals surface area contributed by atoms with Gasteiger partial charge in [0, 0.05) is 43.3 Å². The Balaban J connectivity index is 1.33. The van der Waals surface area contributed by atoms with Gasteiger partial charge in [0.05, 0.1) is 23.0 Å². The second kappa shape index (κ2) is 7.79. The van der Waals surface area contributed by atoms with Crippen LogP contribution in [0.4, 0.5) is 5.82 Å². The molecule has 0 spiro atoms. The van der Waals surface area contributed by atoms with E-state index in [1.165, 1.54) is 0 Å². The van der Waals surface area contributed by atoms with E-state index >= 15 is 0 Å². The average molecular weight is 413 g/mol. The number of nitrogens with zero attached hydrogens (tertiary/aromatic N) is 7. The lowest BCUT2D eigenvalue weighted by Gasteiger charge is -2.35. The number of para-hydroxylation sites is 1. The number of aromatic nitrogens is 5. The van der Waals surface area contributed by atoms with Crippen LogP contribution in [0, 0.1) is 13.8 Å². The average Bonchev–Trinajstić information content (AvgIpc) is 3.19. The van der Waals surface area contributed by atoms with E-state index < -0.39 is 0 Å². The number of carbonyl (C=O) groups excluding carboxylic acids is 1. The summed E-state index contributed by atoms with van der Waals surface area (Å²) in [6.45, 7) is 6.62. The van der Waals surface area contributed by atoms with E-state index in [4.69, 9.17) is 4.98 Å². The number of pyridine rings is 1. The van der Waals surface area contributed by atoms with Crippen molar-refractivity contribution < 1.29 is 4.79 Å². The molecule has 0 saturated carbocycles. The van der Waals surface area contributed by atoms with E-state index in [1.807, 2.05) is 61.2 Å². The van der Waals surface area contributed by atoms with E-state index in [0.717, 1.165) is 41.2 Å². The summed E-state index contributed by atoms with van der Waals surface area (Å²) in [6, 6.07) is 13.9. The summed E-state index contributed by atoms with van der Waals surface area (Å²) in [6.07, 6.45) is 3.23. The lowest BCUT2D eigenvalue weighted by Crippen LogP contribution is -2.49. The van der Waals surface area contributed by atoms with Gasteiger partial charge in [-0.1, -0.05) is 18.2 Å². The maximum absolute atomic E-state index is 13.2. The van der Waals surface area contributed by atoms with Gasteiger partial charge in [0.1, 0.15) is 12.1 Å². The molecule has 1 aliphatic rings. The molecule has 0 aliphatic carbocycles. The Morgan fingerprint density at radius 3 is 2.55 bits per heavy atom. The fraction of sp³-hybridized carbons (Fsp3) is 0.261. The molecule has 0 bridgehead atoms. The Bertz CT molecular complexity index is 1260. The number of anilines is 1. The standard InChI is InChI=1S/C23H23N7O/c1-16-13-22(25-15-24-16)28-9-11-29(12-10-28)23(31)19-14-26-30(17(19)2)21-8-7-18-5-3-4-6-20(18)27-21/h3-8,13-15H,9-12H2,1-2H3. The van der Waals surface area contributed by atoms with Gasteiger partial charge in [0.25, 0.3) is 5.91 Å². The lowest BCUT2D eigenvalue weighted by atomic mass is 10.2. The highest BCUT2D eigenvalue weighted by Crippen LogP contribution is 2.20. The number of piperazine rings is 1. The second-order valence-corrected chi connectivity index (χ2v) is 7.71. The first-order valence-corrected chi connectivity index (χ1v) is 10.3. The van der Waals surface area contributed by atoms with Gasteiger partial charge in [0.15, 0.2) is 5.82 Å². The lowest BCUT2D eigenvalue weighted by molar-refractivity contribution is 0.0745. The number of rotatable bonds is 3. The SMILES string of the molecule is Cc1cc(N2CCN(C(=O)c3cnn(-c4ccc5ccccc5n4)c3C)CC2)ncn1. The number of hydrogen-bond donors (Lipinski definition) is 0. The Kier molecular flexibility index (Phi) is 4.82. The molecule has 156 valence electrons. The van der Waals surface area contributed by atoms with E-state index in [1.54, 1.807) is 17.2 Å². The molecule has 1 aliphatic heterocycles. The molecule has 1 fully saturated rings. The minimum absolute atomic E-state index is 0.00283. The van der Waals surface area contributed by atoms with Gasteiger partial charge in [-0.05, 0) is 32.0 Å². The summed E-state index contributed by atoms with van der Waals surface area (Å²) in [5, 5.41) is 5.53. The maximum atomic E-state index is 13.2. The van der Waals surface area contributed by atoms with Crippen molar-refractivity contribution in [3.8, 4) is 5.82 Å². The summed E-state index contributed by atoms with van der Waals surface area (Å²) >= 11 is 0. The summed E-state index contributed by atoms with van der Waals surface area (Å²) in [5.41, 5.74) is 3.25. The Hall–Kier alpha value is -3.81. The normalized spacial score (nSPS) is 14.3. The van der Waals surface area contributed by atoms with Crippen molar-refractivity contribution in [3.63, 3.8) is 0 Å². The van der Waals surface area contributed by atoms with Crippen molar-refractivity contribution in [1.82, 2.24) is 29.6 Å². The van der Waals surface area contributed by atoms with Gasteiger partial charge >= 0.3 is 0 Å². The Labute approximate surface area is 180 Å². The largest absolute Gasteiger partial charge is 0.353 e. The molecule has 8 nitrogen and oxygen atoms in total. The zero-order valence-electron chi connectivity index (χ0n) is 17.6. The second-order valence-electron chi connectivity index (χ2n) is 7.71. The van der Waals surface area contributed by atoms with Crippen LogP contribution in [-0.2, 0) is 0 Å². The van der Waals surface area contributed by atoms with Crippen LogP contribution in [0.5, 0.6) is 0 Å². The Morgan fingerprint density at radius 1 is 0.935 bits per heavy atom. The highest BCUT2D eigenvalue weighted by atomic mass is 16.2. The van der Waals surface area contributed by atoms with Gasteiger partial charge in [-0.25, -0.2) is 19.6 Å². The monoisotopic (exact) mass is 413 g/mol. The number of fused-ring (bicyclic) bond motifs is 1. The molecule has 1 amide bonds. The summed E-state index contributed by atoms with van der Waals surface area (Å²) in [7, 11) is 0. The van der Waals surface area contributed by atoms with Crippen molar-refractivity contribution in [2.45, 2.75) is 13.8 Å². The number of amides is 1. The van der Waals surface area contributed by atoms with Gasteiger partial charge < -0.3 is 9.80 Å². The fourth-order valence-electron chi connectivity index (χ4n) is 3.95. The van der Waals surface area contributed by atoms with Crippen LogP contribution in [0.25, 0.3) is 16.7 Å². The number of benzene rings is 1. The quantitative estimate of drug-likeness (QED) is 0.514. The van der Waals surface area contributed by atoms with E-state index in [9.17, 15) is 4.79 Å². The first-order chi connectivity index (χ1) is 15.1. The first kappa shape index (κ1) is 19.2. The van der Waals surface area contributed by atoms with Gasteiger partial charge in [-0.3, -0.25) is 4.79 Å². The molecule has 31 heavy (non-hydrogen) atoms. The Morgan fingerprint density at radius 2 is 1.74 bits per heavy atom. The molecule has 1 saturated heterocycles. The molecule has 1 aromatic carbocycles. The molecule has 5 rings (SSSR count). The highest BCUT2D eigenvalue weighted by molar-refractivity contribution is 5.95. The third-order valence-corrected chi connectivity index (χ3v) is 5.72. The molecular weight excluding hydrogens is 390 g/mol. The van der Waals surface area contributed by atoms with E-state index in [0.29, 0.717) is 24.5 Å². The van der Waals surface area contributed by atoms with E-state index in [-0.39, 0.29) is 5.91 Å². The molecule has 3 aromatic heterocycles. The van der Waals surface area contributed by atoms with Crippen LogP contribution in [0.1, 0.15) is 21.7 Å². The topological polar surface area (TPSA) is 80.0 Å². The highest BCUT2D eigenvalue weighted by Gasteiger charge is 2.26. The smallest absolute Gasteiger partial charge is 0.257 e. The van der Waals surface area contributed by atoms with Crippen LogP contribution >= 0.6 is 0 Å². The molecular formula is C23H23N7O.